The molecule has 1 N–H and O–H groups in total. The van der Waals surface area contributed by atoms with Crippen LogP contribution in [0.4, 0.5) is 5.82 Å². The first-order chi connectivity index (χ1) is 11.4. The van der Waals surface area contributed by atoms with Gasteiger partial charge < -0.3 is 9.73 Å². The minimum atomic E-state index is -3.02. The summed E-state index contributed by atoms with van der Waals surface area (Å²) in [4.78, 5) is 12.5. The lowest BCUT2D eigenvalue weighted by Gasteiger charge is -2.13. The van der Waals surface area contributed by atoms with Gasteiger partial charge in [-0.2, -0.15) is 5.10 Å². The number of hydrogen-bond acceptors (Lipinski definition) is 5. The van der Waals surface area contributed by atoms with Gasteiger partial charge in [0.1, 0.15) is 11.6 Å². The average Bonchev–Trinajstić information content (AvgIpc) is 2.98. The number of carbonyl (C=O) groups excluding carboxylic acids is 1. The second-order valence-corrected chi connectivity index (χ2v) is 8.80. The van der Waals surface area contributed by atoms with Gasteiger partial charge in [-0.1, -0.05) is 0 Å². The van der Waals surface area contributed by atoms with Crippen molar-refractivity contribution in [3.05, 3.63) is 35.4 Å². The van der Waals surface area contributed by atoms with Gasteiger partial charge in [0, 0.05) is 12.0 Å². The zero-order valence-corrected chi connectivity index (χ0v) is 14.2. The third-order valence-electron chi connectivity index (χ3n) is 4.65. The smallest absolute Gasteiger partial charge is 0.260 e. The van der Waals surface area contributed by atoms with E-state index in [1.807, 2.05) is 6.07 Å². The van der Waals surface area contributed by atoms with Crippen LogP contribution in [-0.4, -0.2) is 35.6 Å². The van der Waals surface area contributed by atoms with Crippen molar-refractivity contribution >= 4 is 21.6 Å². The molecule has 0 aromatic carbocycles. The van der Waals surface area contributed by atoms with Gasteiger partial charge in [-0.25, -0.2) is 13.1 Å². The summed E-state index contributed by atoms with van der Waals surface area (Å²) in [6, 6.07) is 3.27. The first-order valence-corrected chi connectivity index (χ1v) is 9.90. The van der Waals surface area contributed by atoms with Gasteiger partial charge in [-0.3, -0.25) is 4.79 Å². The quantitative estimate of drug-likeness (QED) is 0.914. The second-order valence-electron chi connectivity index (χ2n) is 6.57. The fourth-order valence-electron chi connectivity index (χ4n) is 3.14. The van der Waals surface area contributed by atoms with E-state index in [-0.39, 0.29) is 23.5 Å². The third-order valence-corrected chi connectivity index (χ3v) is 6.40. The molecule has 4 rings (SSSR count). The Labute approximate surface area is 139 Å². The lowest BCUT2D eigenvalue weighted by Crippen LogP contribution is -2.19. The third kappa shape index (κ3) is 2.86. The van der Waals surface area contributed by atoms with E-state index >= 15 is 0 Å². The van der Waals surface area contributed by atoms with Crippen LogP contribution < -0.4 is 5.32 Å². The maximum absolute atomic E-state index is 12.5. The molecule has 2 aromatic rings. The molecule has 1 atom stereocenters. The lowest BCUT2D eigenvalue weighted by molar-refractivity contribution is 0.102. The highest BCUT2D eigenvalue weighted by Crippen LogP contribution is 2.41. The molecule has 7 nitrogen and oxygen atoms in total. The number of nitrogens with zero attached hydrogens (tertiary/aromatic N) is 2. The summed E-state index contributed by atoms with van der Waals surface area (Å²) in [5, 5.41) is 7.46. The Bertz CT molecular complexity index is 892. The average molecular weight is 349 g/mol. The van der Waals surface area contributed by atoms with Crippen molar-refractivity contribution in [3.8, 4) is 0 Å². The number of aryl methyl sites for hydroxylation is 1. The Hall–Kier alpha value is -2.09. The standard InChI is InChI=1S/C16H19N3O4S/c1-10-13(4-6-23-10)16(20)17-15-8-14(11-2-3-11)18-19(15)12-5-7-24(21,22)9-12/h4,6,8,11-12H,2-3,5,7,9H2,1H3,(H,17,20)/t12-/m0/s1. The summed E-state index contributed by atoms with van der Waals surface area (Å²) in [5.41, 5.74) is 1.40. The van der Waals surface area contributed by atoms with Crippen LogP contribution in [0.2, 0.25) is 0 Å². The molecule has 2 aliphatic rings. The number of sulfone groups is 1. The molecular formula is C16H19N3O4S. The van der Waals surface area contributed by atoms with E-state index in [1.165, 1.54) is 6.26 Å². The van der Waals surface area contributed by atoms with Crippen molar-refractivity contribution < 1.29 is 17.6 Å². The van der Waals surface area contributed by atoms with Crippen LogP contribution in [0.15, 0.2) is 22.8 Å². The number of nitrogens with one attached hydrogen (secondary N) is 1. The minimum Gasteiger partial charge on any atom is -0.469 e. The fraction of sp³-hybridized carbons (Fsp3) is 0.500. The number of carbonyl (C=O) groups is 1. The van der Waals surface area contributed by atoms with Gasteiger partial charge in [-0.15, -0.1) is 0 Å². The van der Waals surface area contributed by atoms with Gasteiger partial charge in [-0.05, 0) is 32.3 Å². The maximum Gasteiger partial charge on any atom is 0.260 e. The molecule has 0 spiro atoms. The van der Waals surface area contributed by atoms with Gasteiger partial charge in [0.2, 0.25) is 0 Å². The highest BCUT2D eigenvalue weighted by Gasteiger charge is 2.34. The summed E-state index contributed by atoms with van der Waals surface area (Å²) < 4.78 is 30.4. The van der Waals surface area contributed by atoms with Crippen molar-refractivity contribution in [1.29, 1.82) is 0 Å². The van der Waals surface area contributed by atoms with E-state index in [9.17, 15) is 13.2 Å². The highest BCUT2D eigenvalue weighted by molar-refractivity contribution is 7.91. The van der Waals surface area contributed by atoms with E-state index in [4.69, 9.17) is 4.42 Å². The van der Waals surface area contributed by atoms with Gasteiger partial charge in [0.05, 0.1) is 35.1 Å². The Kier molecular flexibility index (Phi) is 3.52. The van der Waals surface area contributed by atoms with Gasteiger partial charge in [0.25, 0.3) is 5.91 Å². The van der Waals surface area contributed by atoms with Gasteiger partial charge in [0.15, 0.2) is 9.84 Å². The molecule has 3 heterocycles. The van der Waals surface area contributed by atoms with Crippen LogP contribution in [-0.2, 0) is 9.84 Å². The molecule has 0 radical (unpaired) electrons. The molecule has 8 heteroatoms. The van der Waals surface area contributed by atoms with Crippen LogP contribution in [0.25, 0.3) is 0 Å². The molecule has 2 aromatic heterocycles. The molecule has 128 valence electrons. The van der Waals surface area contributed by atoms with E-state index in [0.29, 0.717) is 29.5 Å². The zero-order valence-electron chi connectivity index (χ0n) is 13.4. The molecule has 1 saturated heterocycles. The molecule has 0 bridgehead atoms. The number of furan rings is 1. The normalized spacial score (nSPS) is 22.6. The Morgan fingerprint density at radius 3 is 2.75 bits per heavy atom. The largest absolute Gasteiger partial charge is 0.469 e. The summed E-state index contributed by atoms with van der Waals surface area (Å²) >= 11 is 0. The summed E-state index contributed by atoms with van der Waals surface area (Å²) in [6.07, 6.45) is 4.19. The topological polar surface area (TPSA) is 94.2 Å². The molecule has 2 fully saturated rings. The SMILES string of the molecule is Cc1occc1C(=O)Nc1cc(C2CC2)nn1[C@H]1CCS(=O)(=O)C1. The number of hydrogen-bond donors (Lipinski definition) is 1. The van der Waals surface area contributed by atoms with E-state index in [1.54, 1.807) is 17.7 Å². The fourth-order valence-corrected chi connectivity index (χ4v) is 4.83. The number of amides is 1. The van der Waals surface area contributed by atoms with Crippen LogP contribution >= 0.6 is 0 Å². The molecule has 1 saturated carbocycles. The predicted octanol–water partition coefficient (Wildman–Crippen LogP) is 2.27. The predicted molar refractivity (Wildman–Crippen MR) is 87.9 cm³/mol. The van der Waals surface area contributed by atoms with Crippen LogP contribution in [0, 0.1) is 6.92 Å². The lowest BCUT2D eigenvalue weighted by atomic mass is 10.2. The first kappa shape index (κ1) is 15.4. The zero-order chi connectivity index (χ0) is 16.9. The Morgan fingerprint density at radius 1 is 1.38 bits per heavy atom. The van der Waals surface area contributed by atoms with E-state index < -0.39 is 9.84 Å². The van der Waals surface area contributed by atoms with Crippen molar-refractivity contribution in [2.75, 3.05) is 16.8 Å². The molecule has 1 amide bonds. The Balaban J connectivity index is 1.64. The molecule has 1 aliphatic carbocycles. The number of aromatic nitrogens is 2. The number of anilines is 1. The first-order valence-electron chi connectivity index (χ1n) is 8.08. The monoisotopic (exact) mass is 349 g/mol. The maximum atomic E-state index is 12.5. The summed E-state index contributed by atoms with van der Waals surface area (Å²) in [5.74, 6) is 1.51. The van der Waals surface area contributed by atoms with Crippen LogP contribution in [0.1, 0.15) is 53.0 Å². The van der Waals surface area contributed by atoms with Crippen molar-refractivity contribution in [2.45, 2.75) is 38.1 Å². The second kappa shape index (κ2) is 5.47. The van der Waals surface area contributed by atoms with Crippen molar-refractivity contribution in [2.24, 2.45) is 0 Å². The number of rotatable bonds is 4. The van der Waals surface area contributed by atoms with E-state index in [0.717, 1.165) is 18.5 Å². The summed E-state index contributed by atoms with van der Waals surface area (Å²) in [6.45, 7) is 1.73. The van der Waals surface area contributed by atoms with Crippen LogP contribution in [0.3, 0.4) is 0 Å². The molecular weight excluding hydrogens is 330 g/mol. The molecule has 1 aliphatic heterocycles. The van der Waals surface area contributed by atoms with Crippen molar-refractivity contribution in [1.82, 2.24) is 9.78 Å². The minimum absolute atomic E-state index is 0.0758. The summed E-state index contributed by atoms with van der Waals surface area (Å²) in [7, 11) is -3.02. The van der Waals surface area contributed by atoms with Crippen molar-refractivity contribution in [3.63, 3.8) is 0 Å². The van der Waals surface area contributed by atoms with Gasteiger partial charge >= 0.3 is 0 Å². The van der Waals surface area contributed by atoms with E-state index in [2.05, 4.69) is 10.4 Å². The van der Waals surface area contributed by atoms with Crippen LogP contribution in [0.5, 0.6) is 0 Å². The molecule has 0 unspecified atom stereocenters. The Morgan fingerprint density at radius 2 is 2.17 bits per heavy atom. The highest BCUT2D eigenvalue weighted by atomic mass is 32.2. The molecule has 24 heavy (non-hydrogen) atoms.